The molecule has 2 aromatic heterocycles. The summed E-state index contributed by atoms with van der Waals surface area (Å²) in [5.41, 5.74) is 0.895. The van der Waals surface area contributed by atoms with Gasteiger partial charge in [-0.25, -0.2) is 9.67 Å². The van der Waals surface area contributed by atoms with Crippen LogP contribution in [0, 0.1) is 0 Å². The lowest BCUT2D eigenvalue weighted by molar-refractivity contribution is 0.268. The van der Waals surface area contributed by atoms with Crippen molar-refractivity contribution in [3.05, 3.63) is 30.6 Å². The van der Waals surface area contributed by atoms with Crippen molar-refractivity contribution in [2.75, 3.05) is 13.2 Å². The number of nitrogens with zero attached hydrogens (tertiary/aromatic N) is 5. The molecule has 98 valence electrons. The van der Waals surface area contributed by atoms with E-state index < -0.39 is 0 Å². The van der Waals surface area contributed by atoms with Gasteiger partial charge in [0.1, 0.15) is 0 Å². The maximum atomic E-state index is 8.75. The predicted molar refractivity (Wildman–Crippen MR) is 65.7 cm³/mol. The molecule has 7 nitrogen and oxygen atoms in total. The molecule has 18 heavy (non-hydrogen) atoms. The lowest BCUT2D eigenvalue weighted by Gasteiger charge is -2.03. The number of aromatic nitrogens is 5. The first-order valence-corrected chi connectivity index (χ1v) is 6.05. The minimum Gasteiger partial charge on any atom is -0.394 e. The van der Waals surface area contributed by atoms with Gasteiger partial charge in [0, 0.05) is 31.7 Å². The predicted octanol–water partition coefficient (Wildman–Crippen LogP) is -0.353. The van der Waals surface area contributed by atoms with Crippen molar-refractivity contribution in [2.24, 2.45) is 0 Å². The zero-order valence-corrected chi connectivity index (χ0v) is 10.2. The van der Waals surface area contributed by atoms with Crippen molar-refractivity contribution in [3.63, 3.8) is 0 Å². The number of hydrogen-bond acceptors (Lipinski definition) is 5. The van der Waals surface area contributed by atoms with E-state index in [-0.39, 0.29) is 6.61 Å². The Labute approximate surface area is 105 Å². The second-order valence-electron chi connectivity index (χ2n) is 4.03. The van der Waals surface area contributed by atoms with Gasteiger partial charge in [-0.05, 0) is 13.0 Å². The molecule has 0 aromatic carbocycles. The Kier molecular flexibility index (Phi) is 4.86. The van der Waals surface area contributed by atoms with E-state index in [4.69, 9.17) is 5.11 Å². The number of aryl methyl sites for hydroxylation is 1. The van der Waals surface area contributed by atoms with Crippen LogP contribution in [0.3, 0.4) is 0 Å². The van der Waals surface area contributed by atoms with Crippen molar-refractivity contribution in [1.29, 1.82) is 0 Å². The molecule has 2 aromatic rings. The molecule has 0 bridgehead atoms. The summed E-state index contributed by atoms with van der Waals surface area (Å²) in [7, 11) is 0. The summed E-state index contributed by atoms with van der Waals surface area (Å²) < 4.78 is 3.70. The lowest BCUT2D eigenvalue weighted by Crippen LogP contribution is -2.16. The summed E-state index contributed by atoms with van der Waals surface area (Å²) in [5, 5.41) is 20.0. The monoisotopic (exact) mass is 250 g/mol. The van der Waals surface area contributed by atoms with Crippen molar-refractivity contribution >= 4 is 0 Å². The van der Waals surface area contributed by atoms with Crippen molar-refractivity contribution < 1.29 is 5.11 Å². The third kappa shape index (κ3) is 3.94. The van der Waals surface area contributed by atoms with E-state index in [1.807, 2.05) is 18.7 Å². The summed E-state index contributed by atoms with van der Waals surface area (Å²) in [6, 6.07) is 0. The number of hydrogen-bond donors (Lipinski definition) is 2. The smallest absolute Gasteiger partial charge is 0.0964 e. The zero-order chi connectivity index (χ0) is 12.6. The highest BCUT2D eigenvalue weighted by atomic mass is 16.3. The quantitative estimate of drug-likeness (QED) is 0.626. The van der Waals surface area contributed by atoms with E-state index >= 15 is 0 Å². The number of aliphatic hydroxyl groups excluding tert-OH is 1. The van der Waals surface area contributed by atoms with Gasteiger partial charge in [0.25, 0.3) is 0 Å². The van der Waals surface area contributed by atoms with Crippen LogP contribution in [0.4, 0.5) is 0 Å². The average Bonchev–Trinajstić information content (AvgIpc) is 3.01. The van der Waals surface area contributed by atoms with Crippen molar-refractivity contribution in [1.82, 2.24) is 29.9 Å². The molecular weight excluding hydrogens is 232 g/mol. The second kappa shape index (κ2) is 6.87. The molecular formula is C11H18N6O. The first-order chi connectivity index (χ1) is 8.88. The van der Waals surface area contributed by atoms with Crippen molar-refractivity contribution in [3.8, 4) is 0 Å². The minimum absolute atomic E-state index is 0.0845. The molecule has 0 saturated heterocycles. The second-order valence-corrected chi connectivity index (χ2v) is 4.03. The zero-order valence-electron chi connectivity index (χ0n) is 10.2. The van der Waals surface area contributed by atoms with Gasteiger partial charge in [-0.15, -0.1) is 5.10 Å². The molecule has 0 aliphatic rings. The third-order valence-corrected chi connectivity index (χ3v) is 2.55. The fourth-order valence-electron chi connectivity index (χ4n) is 1.65. The third-order valence-electron chi connectivity index (χ3n) is 2.55. The molecule has 2 rings (SSSR count). The SMILES string of the molecule is OCCn1cc(CNCCCn2ccnc2)nn1. The van der Waals surface area contributed by atoms with Crippen LogP contribution in [-0.2, 0) is 19.6 Å². The number of rotatable bonds is 8. The summed E-state index contributed by atoms with van der Waals surface area (Å²) in [4.78, 5) is 3.99. The van der Waals surface area contributed by atoms with E-state index in [9.17, 15) is 0 Å². The normalized spacial score (nSPS) is 10.9. The van der Waals surface area contributed by atoms with E-state index in [1.54, 1.807) is 10.9 Å². The highest BCUT2D eigenvalue weighted by Gasteiger charge is 1.99. The van der Waals surface area contributed by atoms with E-state index in [0.29, 0.717) is 13.1 Å². The van der Waals surface area contributed by atoms with E-state index in [2.05, 4.69) is 25.2 Å². The van der Waals surface area contributed by atoms with Gasteiger partial charge in [-0.3, -0.25) is 0 Å². The molecule has 2 heterocycles. The summed E-state index contributed by atoms with van der Waals surface area (Å²) in [6.45, 7) is 3.17. The van der Waals surface area contributed by atoms with Crippen LogP contribution < -0.4 is 5.32 Å². The lowest BCUT2D eigenvalue weighted by atomic mass is 10.4. The van der Waals surface area contributed by atoms with Crippen LogP contribution >= 0.6 is 0 Å². The number of nitrogens with one attached hydrogen (secondary N) is 1. The number of aliphatic hydroxyl groups is 1. The van der Waals surface area contributed by atoms with Gasteiger partial charge in [0.15, 0.2) is 0 Å². The molecule has 0 aliphatic heterocycles. The van der Waals surface area contributed by atoms with Gasteiger partial charge in [-0.2, -0.15) is 0 Å². The van der Waals surface area contributed by atoms with Gasteiger partial charge < -0.3 is 15.0 Å². The first-order valence-electron chi connectivity index (χ1n) is 6.05. The Morgan fingerprint density at radius 1 is 1.33 bits per heavy atom. The molecule has 0 saturated carbocycles. The minimum atomic E-state index is 0.0845. The molecule has 7 heteroatoms. The Bertz CT molecular complexity index is 438. The highest BCUT2D eigenvalue weighted by Crippen LogP contribution is 1.93. The molecule has 0 atom stereocenters. The maximum Gasteiger partial charge on any atom is 0.0964 e. The molecule has 0 amide bonds. The summed E-state index contributed by atoms with van der Waals surface area (Å²) in [5.74, 6) is 0. The molecule has 0 spiro atoms. The fraction of sp³-hybridized carbons (Fsp3) is 0.545. The van der Waals surface area contributed by atoms with Gasteiger partial charge in [-0.1, -0.05) is 5.21 Å². The standard InChI is InChI=1S/C11H18N6O/c18-7-6-17-9-11(14-15-17)8-12-2-1-4-16-5-3-13-10-16/h3,5,9-10,12,18H,1-2,4,6-8H2. The maximum absolute atomic E-state index is 8.75. The summed E-state index contributed by atoms with van der Waals surface area (Å²) >= 11 is 0. The molecule has 0 fully saturated rings. The number of imidazole rings is 1. The van der Waals surface area contributed by atoms with Crippen LogP contribution in [0.25, 0.3) is 0 Å². The first kappa shape index (κ1) is 12.7. The highest BCUT2D eigenvalue weighted by molar-refractivity contribution is 4.91. The Morgan fingerprint density at radius 2 is 2.28 bits per heavy atom. The van der Waals surface area contributed by atoms with Crippen LogP contribution in [0.5, 0.6) is 0 Å². The Balaban J connectivity index is 1.59. The van der Waals surface area contributed by atoms with Gasteiger partial charge in [0.05, 0.1) is 25.2 Å². The fourth-order valence-corrected chi connectivity index (χ4v) is 1.65. The Morgan fingerprint density at radius 3 is 3.06 bits per heavy atom. The van der Waals surface area contributed by atoms with Gasteiger partial charge >= 0.3 is 0 Å². The average molecular weight is 250 g/mol. The van der Waals surface area contributed by atoms with Crippen LogP contribution in [-0.4, -0.2) is 42.8 Å². The summed E-state index contributed by atoms with van der Waals surface area (Å²) in [6.07, 6.45) is 8.45. The topological polar surface area (TPSA) is 80.8 Å². The van der Waals surface area contributed by atoms with Crippen LogP contribution in [0.15, 0.2) is 24.9 Å². The molecule has 0 aliphatic carbocycles. The Hall–Kier alpha value is -1.73. The van der Waals surface area contributed by atoms with E-state index in [0.717, 1.165) is 25.2 Å². The molecule has 2 N–H and O–H groups in total. The van der Waals surface area contributed by atoms with Gasteiger partial charge in [0.2, 0.25) is 0 Å². The molecule has 0 radical (unpaired) electrons. The largest absolute Gasteiger partial charge is 0.394 e. The van der Waals surface area contributed by atoms with Crippen LogP contribution in [0.1, 0.15) is 12.1 Å². The van der Waals surface area contributed by atoms with Crippen LogP contribution in [0.2, 0.25) is 0 Å². The molecule has 0 unspecified atom stereocenters. The van der Waals surface area contributed by atoms with Crippen molar-refractivity contribution in [2.45, 2.75) is 26.1 Å². The van der Waals surface area contributed by atoms with E-state index in [1.165, 1.54) is 0 Å².